The standard InChI is InChI=1S/C52H56F5N9O10/c1-24(2)42(62-51(69)72-6)46(67)64-22-31(74-49(54)55)18-38(64)44-58-20-34(60-44)26-11-12-36-29(13-26)16-37-41-33(53)15-28(17-40(41)76-48(66(36)37)27-9-8-10-30(14-27)71-5)35-21-59-45(61-35)39-19-32(75-50(56)57)23-65(39)47(68)43(25(3)4)63-52(70)73-7/h8-17,20-21,24-25,31-32,38-39,42-43,48-50H,18-19,22-23H2,1-7H3,(H,58,60)(H,59,61)(H,62,69)(H,63,70)/t31-,32-,38+,39+,42+,43+,48?/m1/s1. The number of hydrogen-bond donors (Lipinski definition) is 4. The number of carbonyl (C=O) groups excluding carboxylic acids is 4. The maximum Gasteiger partial charge on any atom is 0.407 e. The van der Waals surface area contributed by atoms with Gasteiger partial charge in [0.05, 0.1) is 86.2 Å². The lowest BCUT2D eigenvalue weighted by molar-refractivity contribution is -0.160. The fourth-order valence-corrected chi connectivity index (χ4v) is 10.3. The summed E-state index contributed by atoms with van der Waals surface area (Å²) < 4.78 is 105. The van der Waals surface area contributed by atoms with E-state index in [0.29, 0.717) is 56.2 Å². The van der Waals surface area contributed by atoms with Crippen molar-refractivity contribution in [1.29, 1.82) is 0 Å². The number of likely N-dealkylation sites (tertiary alicyclic amines) is 2. The number of aromatic nitrogens is 5. The zero-order valence-electron chi connectivity index (χ0n) is 42.3. The maximum atomic E-state index is 17.0. The van der Waals surface area contributed by atoms with E-state index in [9.17, 15) is 36.7 Å². The van der Waals surface area contributed by atoms with Gasteiger partial charge in [-0.05, 0) is 54.3 Å². The van der Waals surface area contributed by atoms with E-state index in [1.807, 2.05) is 34.9 Å². The lowest BCUT2D eigenvalue weighted by Crippen LogP contribution is -2.51. The second-order valence-corrected chi connectivity index (χ2v) is 19.4. The molecule has 7 atom stereocenters. The highest BCUT2D eigenvalue weighted by molar-refractivity contribution is 5.93. The van der Waals surface area contributed by atoms with Crippen molar-refractivity contribution in [3.63, 3.8) is 0 Å². The molecule has 0 radical (unpaired) electrons. The van der Waals surface area contributed by atoms with Gasteiger partial charge in [-0.2, -0.15) is 17.6 Å². The minimum atomic E-state index is -3.11. The summed E-state index contributed by atoms with van der Waals surface area (Å²) >= 11 is 0. The van der Waals surface area contributed by atoms with Gasteiger partial charge < -0.3 is 63.4 Å². The van der Waals surface area contributed by atoms with Crippen LogP contribution in [0.2, 0.25) is 0 Å². The quantitative estimate of drug-likeness (QED) is 0.0670. The number of ether oxygens (including phenoxy) is 6. The summed E-state index contributed by atoms with van der Waals surface area (Å²) in [4.78, 5) is 70.7. The maximum absolute atomic E-state index is 17.0. The molecule has 0 saturated carbocycles. The van der Waals surface area contributed by atoms with Gasteiger partial charge in [-0.15, -0.1) is 0 Å². The molecule has 6 aromatic rings. The fraction of sp³-hybridized carbons (Fsp3) is 0.423. The van der Waals surface area contributed by atoms with Crippen molar-refractivity contribution in [2.24, 2.45) is 11.8 Å². The van der Waals surface area contributed by atoms with E-state index >= 15 is 4.39 Å². The zero-order chi connectivity index (χ0) is 54.3. The van der Waals surface area contributed by atoms with Crippen molar-refractivity contribution in [3.8, 4) is 45.3 Å². The Bertz CT molecular complexity index is 3130. The van der Waals surface area contributed by atoms with E-state index in [1.165, 1.54) is 36.3 Å². The molecule has 0 spiro atoms. The molecule has 24 heteroatoms. The number of fused-ring (bicyclic) bond motifs is 5. The molecule has 3 aliphatic rings. The highest BCUT2D eigenvalue weighted by Crippen LogP contribution is 2.48. The Morgan fingerprint density at radius 3 is 1.78 bits per heavy atom. The molecule has 19 nitrogen and oxygen atoms in total. The van der Waals surface area contributed by atoms with Crippen LogP contribution in [0, 0.1) is 17.7 Å². The van der Waals surface area contributed by atoms with Crippen LogP contribution in [0.15, 0.2) is 73.1 Å². The van der Waals surface area contributed by atoms with Gasteiger partial charge in [-0.25, -0.2) is 23.9 Å². The molecule has 76 heavy (non-hydrogen) atoms. The first-order valence-electron chi connectivity index (χ1n) is 24.4. The van der Waals surface area contributed by atoms with Gasteiger partial charge in [0, 0.05) is 48.0 Å². The number of alkyl carbamates (subject to hydrolysis) is 2. The van der Waals surface area contributed by atoms with Crippen molar-refractivity contribution >= 4 is 34.9 Å². The number of carbonyl (C=O) groups is 4. The van der Waals surface area contributed by atoms with E-state index in [1.54, 1.807) is 58.2 Å². The highest BCUT2D eigenvalue weighted by atomic mass is 19.3. The zero-order valence-corrected chi connectivity index (χ0v) is 42.3. The molecular formula is C52H56F5N9O10. The van der Waals surface area contributed by atoms with Gasteiger partial charge in [-0.1, -0.05) is 45.9 Å². The number of H-pyrrole nitrogens is 2. The van der Waals surface area contributed by atoms with Crippen LogP contribution in [-0.4, -0.2) is 130 Å². The Labute approximate surface area is 432 Å². The molecule has 3 aliphatic heterocycles. The number of methoxy groups -OCH3 is 3. The number of nitrogens with zero attached hydrogens (tertiary/aromatic N) is 5. The first-order chi connectivity index (χ1) is 36.3. The number of rotatable bonds is 16. The van der Waals surface area contributed by atoms with Crippen LogP contribution in [-0.2, 0) is 28.5 Å². The van der Waals surface area contributed by atoms with Gasteiger partial charge in [0.2, 0.25) is 18.0 Å². The van der Waals surface area contributed by atoms with E-state index in [0.717, 1.165) is 7.11 Å². The number of alkyl halides is 4. The molecule has 1 unspecified atom stereocenters. The highest BCUT2D eigenvalue weighted by Gasteiger charge is 2.45. The molecule has 3 aromatic carbocycles. The van der Waals surface area contributed by atoms with E-state index in [4.69, 9.17) is 28.4 Å². The second-order valence-electron chi connectivity index (χ2n) is 19.4. The normalized spacial score (nSPS) is 20.0. The fourth-order valence-electron chi connectivity index (χ4n) is 10.3. The molecule has 0 aliphatic carbocycles. The largest absolute Gasteiger partial charge is 0.497 e. The monoisotopic (exact) mass is 1060 g/mol. The summed E-state index contributed by atoms with van der Waals surface area (Å²) in [7, 11) is 3.86. The van der Waals surface area contributed by atoms with Crippen molar-refractivity contribution in [3.05, 3.63) is 96.1 Å². The predicted octanol–water partition coefficient (Wildman–Crippen LogP) is 8.70. The number of nitrogens with one attached hydrogen (secondary N) is 4. The van der Waals surface area contributed by atoms with Crippen LogP contribution in [0.3, 0.4) is 0 Å². The molecule has 2 saturated heterocycles. The minimum Gasteiger partial charge on any atom is -0.497 e. The average Bonchev–Trinajstić information content (AvgIpc) is 4.26. The number of amides is 4. The first kappa shape index (κ1) is 53.1. The first-order valence-corrected chi connectivity index (χ1v) is 24.4. The van der Waals surface area contributed by atoms with E-state index < -0.39 is 91.6 Å². The third-order valence-corrected chi connectivity index (χ3v) is 13.9. The van der Waals surface area contributed by atoms with Gasteiger partial charge in [0.15, 0.2) is 0 Å². The van der Waals surface area contributed by atoms with Crippen molar-refractivity contribution in [1.82, 2.24) is 44.9 Å². The van der Waals surface area contributed by atoms with E-state index in [-0.39, 0.29) is 49.0 Å². The minimum absolute atomic E-state index is 0.00670. The average molecular weight is 1060 g/mol. The van der Waals surface area contributed by atoms with Crippen LogP contribution in [0.4, 0.5) is 31.5 Å². The third kappa shape index (κ3) is 10.6. The Hall–Kier alpha value is -7.73. The number of benzene rings is 3. The smallest absolute Gasteiger partial charge is 0.407 e. The molecule has 404 valence electrons. The molecule has 0 bridgehead atoms. The lowest BCUT2D eigenvalue weighted by atomic mass is 10.0. The van der Waals surface area contributed by atoms with Crippen molar-refractivity contribution < 1.29 is 69.6 Å². The Morgan fingerprint density at radius 2 is 1.26 bits per heavy atom. The molecule has 9 rings (SSSR count). The third-order valence-electron chi connectivity index (χ3n) is 13.9. The van der Waals surface area contributed by atoms with Crippen LogP contribution in [0.1, 0.15) is 76.1 Å². The van der Waals surface area contributed by atoms with Crippen LogP contribution < -0.4 is 20.1 Å². The molecule has 4 N–H and O–H groups in total. The summed E-state index contributed by atoms with van der Waals surface area (Å²) in [6.45, 7) is 0.288. The van der Waals surface area contributed by atoms with Crippen LogP contribution in [0.25, 0.3) is 44.7 Å². The molecule has 3 aromatic heterocycles. The van der Waals surface area contributed by atoms with Crippen molar-refractivity contribution in [2.75, 3.05) is 34.4 Å². The number of halogens is 5. The van der Waals surface area contributed by atoms with Crippen molar-refractivity contribution in [2.45, 2.75) is 96.4 Å². The lowest BCUT2D eigenvalue weighted by Gasteiger charge is -2.31. The molecule has 6 heterocycles. The predicted molar refractivity (Wildman–Crippen MR) is 262 cm³/mol. The van der Waals surface area contributed by atoms with E-state index in [2.05, 4.69) is 30.6 Å². The molecule has 2 fully saturated rings. The summed E-state index contributed by atoms with van der Waals surface area (Å²) in [5.74, 6) is -1.31. The summed E-state index contributed by atoms with van der Waals surface area (Å²) in [5.41, 5.74) is 3.77. The molecular weight excluding hydrogens is 1010 g/mol. The Balaban J connectivity index is 1.06. The summed E-state index contributed by atoms with van der Waals surface area (Å²) in [6.07, 6.45) is -1.68. The molecule has 4 amide bonds. The van der Waals surface area contributed by atoms with Crippen LogP contribution >= 0.6 is 0 Å². The number of aromatic amines is 2. The van der Waals surface area contributed by atoms with Gasteiger partial charge in [0.1, 0.15) is 41.0 Å². The summed E-state index contributed by atoms with van der Waals surface area (Å²) in [6, 6.07) is 13.8. The number of imidazole rings is 2. The summed E-state index contributed by atoms with van der Waals surface area (Å²) in [5, 5.41) is 5.76. The topological polar surface area (TPSA) is 216 Å². The van der Waals surface area contributed by atoms with Gasteiger partial charge >= 0.3 is 25.4 Å². The Morgan fingerprint density at radius 1 is 0.711 bits per heavy atom. The van der Waals surface area contributed by atoms with Gasteiger partial charge in [-0.3, -0.25) is 9.59 Å². The second kappa shape index (κ2) is 21.9. The SMILES string of the molecule is COC(=O)N[C@H](C(=O)N1C[C@H](OC(F)F)C[C@H]1c1ncc(-c2cc(F)c3c(c2)OC(c2cccc(OC)c2)n2c-3cc3cc(-c4cnc([C@@H]5C[C@@H](OC(F)F)CN5C(=O)[C@@H](NC(=O)OC)C(C)C)[nH]4)ccc32)[nH]1)C(C)C. The van der Waals surface area contributed by atoms with Crippen LogP contribution in [0.5, 0.6) is 11.5 Å². The number of hydrogen-bond acceptors (Lipinski definition) is 12. The van der Waals surface area contributed by atoms with Gasteiger partial charge in [0.25, 0.3) is 0 Å². The Kier molecular flexibility index (Phi) is 15.3.